The number of hydrogen-bond acceptors (Lipinski definition) is 6. The van der Waals surface area contributed by atoms with Crippen LogP contribution in [0.5, 0.6) is 0 Å². The normalized spacial score (nSPS) is 21.6. The van der Waals surface area contributed by atoms with Crippen LogP contribution in [-0.4, -0.2) is 16.8 Å². The van der Waals surface area contributed by atoms with Crippen LogP contribution in [0.15, 0.2) is 64.4 Å². The van der Waals surface area contributed by atoms with E-state index in [0.29, 0.717) is 41.9 Å². The second-order valence-corrected chi connectivity index (χ2v) is 7.32. The van der Waals surface area contributed by atoms with E-state index in [-0.39, 0.29) is 11.7 Å². The SMILES string of the molecule is N#C[C@@H]1C(=N)OC2=C(C(=O)CCC2)[C@@H]1c1ccc2noc(-c3ccccc3)c2c1. The monoisotopic (exact) mass is 383 g/mol. The van der Waals surface area contributed by atoms with Crippen molar-refractivity contribution in [3.8, 4) is 17.4 Å². The number of rotatable bonds is 2. The third-order valence-electron chi connectivity index (χ3n) is 5.60. The molecule has 0 saturated carbocycles. The molecule has 0 bridgehead atoms. The summed E-state index contributed by atoms with van der Waals surface area (Å²) in [6, 6.07) is 17.5. The Morgan fingerprint density at radius 3 is 2.76 bits per heavy atom. The van der Waals surface area contributed by atoms with Crippen molar-refractivity contribution in [2.45, 2.75) is 25.2 Å². The zero-order valence-corrected chi connectivity index (χ0v) is 15.5. The molecule has 0 saturated heterocycles. The maximum absolute atomic E-state index is 12.7. The lowest BCUT2D eigenvalue weighted by Gasteiger charge is -2.34. The van der Waals surface area contributed by atoms with Crippen LogP contribution in [0.25, 0.3) is 22.2 Å². The molecule has 2 aliphatic rings. The molecule has 0 fully saturated rings. The van der Waals surface area contributed by atoms with Crippen LogP contribution in [0.4, 0.5) is 0 Å². The van der Waals surface area contributed by atoms with Crippen LogP contribution in [0, 0.1) is 22.7 Å². The number of allylic oxidation sites excluding steroid dienone is 2. The number of nitriles is 1. The predicted molar refractivity (Wildman–Crippen MR) is 106 cm³/mol. The largest absolute Gasteiger partial charge is 0.446 e. The maximum Gasteiger partial charge on any atom is 0.205 e. The zero-order chi connectivity index (χ0) is 20.0. The molecule has 2 aromatic carbocycles. The Morgan fingerprint density at radius 1 is 1.14 bits per heavy atom. The second-order valence-electron chi connectivity index (χ2n) is 7.32. The lowest BCUT2D eigenvalue weighted by molar-refractivity contribution is -0.116. The molecule has 6 heteroatoms. The van der Waals surface area contributed by atoms with Crippen molar-refractivity contribution in [3.63, 3.8) is 0 Å². The fourth-order valence-electron chi connectivity index (χ4n) is 4.24. The zero-order valence-electron chi connectivity index (χ0n) is 15.5. The van der Waals surface area contributed by atoms with E-state index in [1.54, 1.807) is 0 Å². The first-order valence-corrected chi connectivity index (χ1v) is 9.54. The molecule has 1 aliphatic carbocycles. The first-order valence-electron chi connectivity index (χ1n) is 9.54. The fourth-order valence-corrected chi connectivity index (χ4v) is 4.24. The number of nitrogens with one attached hydrogen (secondary N) is 1. The summed E-state index contributed by atoms with van der Waals surface area (Å²) in [5.74, 6) is -0.281. The molecule has 2 heterocycles. The molecule has 2 atom stereocenters. The van der Waals surface area contributed by atoms with E-state index >= 15 is 0 Å². The van der Waals surface area contributed by atoms with Gasteiger partial charge in [-0.05, 0) is 24.1 Å². The highest BCUT2D eigenvalue weighted by Crippen LogP contribution is 2.44. The molecule has 6 nitrogen and oxygen atoms in total. The van der Waals surface area contributed by atoms with E-state index in [0.717, 1.165) is 16.5 Å². The fraction of sp³-hybridized carbons (Fsp3) is 0.217. The summed E-state index contributed by atoms with van der Waals surface area (Å²) < 4.78 is 11.2. The van der Waals surface area contributed by atoms with Crippen molar-refractivity contribution in [1.82, 2.24) is 5.16 Å². The van der Waals surface area contributed by atoms with Crippen molar-refractivity contribution in [2.75, 3.05) is 0 Å². The van der Waals surface area contributed by atoms with Gasteiger partial charge in [0.25, 0.3) is 0 Å². The van der Waals surface area contributed by atoms with Gasteiger partial charge >= 0.3 is 0 Å². The van der Waals surface area contributed by atoms with Crippen LogP contribution < -0.4 is 0 Å². The number of carbonyl (C=O) groups is 1. The standard InChI is InChI=1S/C23H17N3O3/c24-12-16-20(21-18(27)7-4-8-19(21)28-23(16)25)14-9-10-17-15(11-14)22(29-26-17)13-5-2-1-3-6-13/h1-3,5-6,9-11,16,20,25H,4,7-8H2/t16-,20+/m0/s1. The maximum atomic E-state index is 12.7. The molecule has 142 valence electrons. The molecular weight excluding hydrogens is 366 g/mol. The van der Waals surface area contributed by atoms with Crippen molar-refractivity contribution >= 4 is 22.6 Å². The van der Waals surface area contributed by atoms with Crippen LogP contribution >= 0.6 is 0 Å². The Kier molecular flexibility index (Phi) is 4.02. The number of aromatic nitrogens is 1. The molecule has 29 heavy (non-hydrogen) atoms. The molecule has 0 unspecified atom stereocenters. The van der Waals surface area contributed by atoms with Crippen molar-refractivity contribution in [3.05, 3.63) is 65.4 Å². The summed E-state index contributed by atoms with van der Waals surface area (Å²) in [4.78, 5) is 12.7. The van der Waals surface area contributed by atoms with Gasteiger partial charge < -0.3 is 9.26 Å². The first-order chi connectivity index (χ1) is 14.2. The Bertz CT molecular complexity index is 1220. The molecule has 3 aromatic rings. The Morgan fingerprint density at radius 2 is 1.97 bits per heavy atom. The van der Waals surface area contributed by atoms with E-state index in [1.807, 2.05) is 48.5 Å². The Hall–Kier alpha value is -3.72. The van der Waals surface area contributed by atoms with Gasteiger partial charge in [0.15, 0.2) is 11.5 Å². The lowest BCUT2D eigenvalue weighted by Crippen LogP contribution is -2.34. The number of ketones is 1. The minimum absolute atomic E-state index is 0.00213. The van der Waals surface area contributed by atoms with Crippen molar-refractivity contribution < 1.29 is 14.1 Å². The number of nitrogens with zero attached hydrogens (tertiary/aromatic N) is 2. The first kappa shape index (κ1) is 17.4. The molecule has 1 aliphatic heterocycles. The second kappa shape index (κ2) is 6.71. The van der Waals surface area contributed by atoms with Gasteiger partial charge in [-0.15, -0.1) is 0 Å². The average Bonchev–Trinajstić information content (AvgIpc) is 3.17. The minimum atomic E-state index is -0.840. The Labute approximate surface area is 166 Å². The van der Waals surface area contributed by atoms with Gasteiger partial charge in [-0.25, -0.2) is 0 Å². The van der Waals surface area contributed by atoms with Crippen LogP contribution in [-0.2, 0) is 9.53 Å². The highest BCUT2D eigenvalue weighted by atomic mass is 16.5. The number of Topliss-reactive ketones (excluding diaryl/α,β-unsaturated/α-hetero) is 1. The molecular formula is C23H17N3O3. The topological polar surface area (TPSA) is 100.0 Å². The summed E-state index contributed by atoms with van der Waals surface area (Å²) >= 11 is 0. The molecule has 0 radical (unpaired) electrons. The summed E-state index contributed by atoms with van der Waals surface area (Å²) in [5.41, 5.74) is 2.93. The minimum Gasteiger partial charge on any atom is -0.446 e. The molecule has 1 N–H and O–H groups in total. The van der Waals surface area contributed by atoms with Gasteiger partial charge in [-0.1, -0.05) is 41.6 Å². The number of fused-ring (bicyclic) bond motifs is 1. The molecule has 0 spiro atoms. The molecule has 1 aromatic heterocycles. The van der Waals surface area contributed by atoms with Crippen LogP contribution in [0.3, 0.4) is 0 Å². The van der Waals surface area contributed by atoms with Gasteiger partial charge in [0, 0.05) is 29.9 Å². The van der Waals surface area contributed by atoms with Gasteiger partial charge in [-0.2, -0.15) is 5.26 Å². The highest BCUT2D eigenvalue weighted by Gasteiger charge is 2.42. The van der Waals surface area contributed by atoms with Gasteiger partial charge in [-0.3, -0.25) is 10.2 Å². The van der Waals surface area contributed by atoms with Crippen molar-refractivity contribution in [2.24, 2.45) is 5.92 Å². The summed E-state index contributed by atoms with van der Waals surface area (Å²) in [6.07, 6.45) is 1.76. The molecule has 0 amide bonds. The van der Waals surface area contributed by atoms with Crippen LogP contribution in [0.2, 0.25) is 0 Å². The Balaban J connectivity index is 1.70. The number of carbonyl (C=O) groups excluding carboxylic acids is 1. The van der Waals surface area contributed by atoms with E-state index < -0.39 is 11.8 Å². The van der Waals surface area contributed by atoms with Gasteiger partial charge in [0.05, 0.1) is 11.5 Å². The van der Waals surface area contributed by atoms with E-state index in [9.17, 15) is 10.1 Å². The number of ether oxygens (including phenoxy) is 1. The number of benzene rings is 2. The quantitative estimate of drug-likeness (QED) is 0.689. The average molecular weight is 383 g/mol. The van der Waals surface area contributed by atoms with Gasteiger partial charge in [0.1, 0.15) is 17.2 Å². The third kappa shape index (κ3) is 2.74. The number of hydrogen-bond donors (Lipinski definition) is 1. The smallest absolute Gasteiger partial charge is 0.205 e. The van der Waals surface area contributed by atoms with E-state index in [4.69, 9.17) is 14.7 Å². The lowest BCUT2D eigenvalue weighted by atomic mass is 9.74. The summed E-state index contributed by atoms with van der Waals surface area (Å²) in [5, 5.41) is 22.9. The summed E-state index contributed by atoms with van der Waals surface area (Å²) in [6.45, 7) is 0. The predicted octanol–water partition coefficient (Wildman–Crippen LogP) is 4.73. The van der Waals surface area contributed by atoms with E-state index in [2.05, 4.69) is 11.2 Å². The van der Waals surface area contributed by atoms with Crippen molar-refractivity contribution in [1.29, 1.82) is 10.7 Å². The van der Waals surface area contributed by atoms with Gasteiger partial charge in [0.2, 0.25) is 5.90 Å². The summed E-state index contributed by atoms with van der Waals surface area (Å²) in [7, 11) is 0. The highest BCUT2D eigenvalue weighted by molar-refractivity contribution is 6.02. The van der Waals surface area contributed by atoms with E-state index in [1.165, 1.54) is 0 Å². The third-order valence-corrected chi connectivity index (χ3v) is 5.60. The molecule has 5 rings (SSSR count). The van der Waals surface area contributed by atoms with Crippen LogP contribution in [0.1, 0.15) is 30.7 Å².